The van der Waals surface area contributed by atoms with Crippen LogP contribution in [0.3, 0.4) is 0 Å². The number of benzene rings is 1. The van der Waals surface area contributed by atoms with E-state index in [-0.39, 0.29) is 11.7 Å². The molecule has 1 aromatic carbocycles. The van der Waals surface area contributed by atoms with Gasteiger partial charge in [0.15, 0.2) is 0 Å². The summed E-state index contributed by atoms with van der Waals surface area (Å²) in [6.07, 6.45) is 2.17. The van der Waals surface area contributed by atoms with Gasteiger partial charge in [-0.3, -0.25) is 4.79 Å². The van der Waals surface area contributed by atoms with Crippen molar-refractivity contribution in [1.82, 2.24) is 10.2 Å². The van der Waals surface area contributed by atoms with Crippen molar-refractivity contribution in [3.05, 3.63) is 28.2 Å². The zero-order valence-electron chi connectivity index (χ0n) is 12.6. The molecule has 1 unspecified atom stereocenters. The van der Waals surface area contributed by atoms with Gasteiger partial charge in [0.1, 0.15) is 5.75 Å². The highest BCUT2D eigenvalue weighted by Crippen LogP contribution is 2.25. The number of carbonyl (C=O) groups excluding carboxylic acids is 1. The van der Waals surface area contributed by atoms with Gasteiger partial charge in [-0.1, -0.05) is 29.8 Å². The van der Waals surface area contributed by atoms with E-state index in [4.69, 9.17) is 0 Å². The third-order valence-electron chi connectivity index (χ3n) is 3.81. The normalized spacial score (nSPS) is 19.0. The minimum Gasteiger partial charge on any atom is -0.507 e. The van der Waals surface area contributed by atoms with Crippen molar-refractivity contribution in [3.8, 4) is 5.75 Å². The Morgan fingerprint density at radius 3 is 3.00 bits per heavy atom. The van der Waals surface area contributed by atoms with E-state index < -0.39 is 0 Å². The van der Waals surface area contributed by atoms with Gasteiger partial charge in [0.25, 0.3) is 5.91 Å². The SMILES string of the molecule is CC(C)NCC1CCCN(C(=O)c2cc(Br)ccc2O)C1. The van der Waals surface area contributed by atoms with E-state index in [0.29, 0.717) is 17.5 Å². The molecule has 0 radical (unpaired) electrons. The van der Waals surface area contributed by atoms with E-state index in [1.54, 1.807) is 18.2 Å². The number of phenolic OH excluding ortho intramolecular Hbond substituents is 1. The standard InChI is InChI=1S/C16H23BrN2O2/c1-11(2)18-9-12-4-3-7-19(10-12)16(21)14-8-13(17)5-6-15(14)20/h5-6,8,11-12,18,20H,3-4,7,9-10H2,1-2H3. The first-order chi connectivity index (χ1) is 9.97. The number of phenols is 1. The summed E-state index contributed by atoms with van der Waals surface area (Å²) in [6.45, 7) is 6.72. The van der Waals surface area contributed by atoms with Crippen molar-refractivity contribution >= 4 is 21.8 Å². The molecule has 0 aromatic heterocycles. The van der Waals surface area contributed by atoms with Gasteiger partial charge in [-0.15, -0.1) is 0 Å². The minimum atomic E-state index is -0.0805. The molecular weight excluding hydrogens is 332 g/mol. The summed E-state index contributed by atoms with van der Waals surface area (Å²) >= 11 is 3.35. The van der Waals surface area contributed by atoms with E-state index >= 15 is 0 Å². The number of nitrogens with zero attached hydrogens (tertiary/aromatic N) is 1. The largest absolute Gasteiger partial charge is 0.507 e. The van der Waals surface area contributed by atoms with Crippen molar-refractivity contribution in [2.45, 2.75) is 32.7 Å². The van der Waals surface area contributed by atoms with Gasteiger partial charge in [-0.25, -0.2) is 0 Å². The number of piperidine rings is 1. The Labute approximate surface area is 134 Å². The summed E-state index contributed by atoms with van der Waals surface area (Å²) in [7, 11) is 0. The van der Waals surface area contributed by atoms with Gasteiger partial charge in [0.05, 0.1) is 5.56 Å². The maximum Gasteiger partial charge on any atom is 0.257 e. The van der Waals surface area contributed by atoms with E-state index in [2.05, 4.69) is 35.1 Å². The lowest BCUT2D eigenvalue weighted by molar-refractivity contribution is 0.0669. The third-order valence-corrected chi connectivity index (χ3v) is 4.30. The van der Waals surface area contributed by atoms with Gasteiger partial charge in [0, 0.05) is 23.6 Å². The lowest BCUT2D eigenvalue weighted by Gasteiger charge is -2.33. The zero-order chi connectivity index (χ0) is 15.4. The fraction of sp³-hybridized carbons (Fsp3) is 0.562. The second kappa shape index (κ2) is 7.27. The molecule has 1 aliphatic rings. The van der Waals surface area contributed by atoms with Crippen molar-refractivity contribution in [2.24, 2.45) is 5.92 Å². The Bertz CT molecular complexity index is 505. The van der Waals surface area contributed by atoms with E-state index in [1.807, 2.05) is 4.90 Å². The molecule has 0 spiro atoms. The Balaban J connectivity index is 2.03. The Morgan fingerprint density at radius 1 is 1.52 bits per heavy atom. The fourth-order valence-electron chi connectivity index (χ4n) is 2.67. The van der Waals surface area contributed by atoms with Crippen LogP contribution < -0.4 is 5.32 Å². The second-order valence-corrected chi connectivity index (χ2v) is 6.90. The maximum atomic E-state index is 12.6. The highest BCUT2D eigenvalue weighted by molar-refractivity contribution is 9.10. The molecule has 2 N–H and O–H groups in total. The predicted molar refractivity (Wildman–Crippen MR) is 87.6 cm³/mol. The van der Waals surface area contributed by atoms with Crippen LogP contribution in [0.5, 0.6) is 5.75 Å². The molecule has 1 amide bonds. The molecule has 1 heterocycles. The molecule has 1 aliphatic heterocycles. The summed E-state index contributed by atoms with van der Waals surface area (Å²) < 4.78 is 0.804. The first kappa shape index (κ1) is 16.3. The zero-order valence-corrected chi connectivity index (χ0v) is 14.2. The average molecular weight is 355 g/mol. The molecule has 0 saturated carbocycles. The molecule has 2 rings (SSSR count). The van der Waals surface area contributed by atoms with E-state index in [1.165, 1.54) is 0 Å². The van der Waals surface area contributed by atoms with Crippen molar-refractivity contribution < 1.29 is 9.90 Å². The smallest absolute Gasteiger partial charge is 0.257 e. The molecule has 4 nitrogen and oxygen atoms in total. The van der Waals surface area contributed by atoms with E-state index in [0.717, 1.165) is 36.9 Å². The lowest BCUT2D eigenvalue weighted by atomic mass is 9.97. The number of halogens is 1. The van der Waals surface area contributed by atoms with Crippen molar-refractivity contribution in [2.75, 3.05) is 19.6 Å². The van der Waals surface area contributed by atoms with Crippen LogP contribution in [-0.4, -0.2) is 41.6 Å². The quantitative estimate of drug-likeness (QED) is 0.873. The van der Waals surface area contributed by atoms with Crippen molar-refractivity contribution in [3.63, 3.8) is 0 Å². The molecule has 1 atom stereocenters. The minimum absolute atomic E-state index is 0.0469. The van der Waals surface area contributed by atoms with Crippen LogP contribution >= 0.6 is 15.9 Å². The molecule has 1 fully saturated rings. The summed E-state index contributed by atoms with van der Waals surface area (Å²) in [4.78, 5) is 14.4. The summed E-state index contributed by atoms with van der Waals surface area (Å²) in [5.74, 6) is 0.452. The first-order valence-electron chi connectivity index (χ1n) is 7.48. The number of nitrogens with one attached hydrogen (secondary N) is 1. The van der Waals surface area contributed by atoms with Crippen LogP contribution in [-0.2, 0) is 0 Å². The second-order valence-electron chi connectivity index (χ2n) is 5.98. The first-order valence-corrected chi connectivity index (χ1v) is 8.28. The molecule has 116 valence electrons. The fourth-order valence-corrected chi connectivity index (χ4v) is 3.03. The predicted octanol–water partition coefficient (Wildman–Crippen LogP) is 3.00. The van der Waals surface area contributed by atoms with Gasteiger partial charge in [0.2, 0.25) is 0 Å². The van der Waals surface area contributed by atoms with Gasteiger partial charge >= 0.3 is 0 Å². The third kappa shape index (κ3) is 4.45. The van der Waals surface area contributed by atoms with Crippen LogP contribution in [0.1, 0.15) is 37.0 Å². The molecule has 21 heavy (non-hydrogen) atoms. The van der Waals surface area contributed by atoms with Crippen molar-refractivity contribution in [1.29, 1.82) is 0 Å². The topological polar surface area (TPSA) is 52.6 Å². The van der Waals surface area contributed by atoms with Gasteiger partial charge in [-0.2, -0.15) is 0 Å². The molecule has 1 saturated heterocycles. The highest BCUT2D eigenvalue weighted by atomic mass is 79.9. The van der Waals surface area contributed by atoms with Crippen LogP contribution in [0.15, 0.2) is 22.7 Å². The Morgan fingerprint density at radius 2 is 2.29 bits per heavy atom. The number of amides is 1. The number of hydrogen-bond acceptors (Lipinski definition) is 3. The average Bonchev–Trinajstić information content (AvgIpc) is 2.47. The van der Waals surface area contributed by atoms with Gasteiger partial charge in [-0.05, 0) is 43.5 Å². The van der Waals surface area contributed by atoms with Gasteiger partial charge < -0.3 is 15.3 Å². The molecule has 5 heteroatoms. The number of aromatic hydroxyl groups is 1. The Kier molecular flexibility index (Phi) is 5.65. The molecular formula is C16H23BrN2O2. The van der Waals surface area contributed by atoms with Crippen LogP contribution in [0, 0.1) is 5.92 Å². The number of carbonyl (C=O) groups is 1. The Hall–Kier alpha value is -1.07. The van der Waals surface area contributed by atoms with Crippen LogP contribution in [0.4, 0.5) is 0 Å². The molecule has 0 aliphatic carbocycles. The summed E-state index contributed by atoms with van der Waals surface area (Å²) in [5.41, 5.74) is 0.377. The number of hydrogen-bond donors (Lipinski definition) is 2. The summed E-state index contributed by atoms with van der Waals surface area (Å²) in [5, 5.41) is 13.3. The number of likely N-dealkylation sites (tertiary alicyclic amines) is 1. The lowest BCUT2D eigenvalue weighted by Crippen LogP contribution is -2.43. The summed E-state index contributed by atoms with van der Waals surface area (Å²) in [6, 6.07) is 5.44. The molecule has 1 aromatic rings. The van der Waals surface area contributed by atoms with Crippen LogP contribution in [0.25, 0.3) is 0 Å². The number of rotatable bonds is 4. The van der Waals surface area contributed by atoms with E-state index in [9.17, 15) is 9.90 Å². The highest BCUT2D eigenvalue weighted by Gasteiger charge is 2.26. The monoisotopic (exact) mass is 354 g/mol. The molecule has 0 bridgehead atoms. The maximum absolute atomic E-state index is 12.6. The van der Waals surface area contributed by atoms with Crippen LogP contribution in [0.2, 0.25) is 0 Å².